The highest BCUT2D eigenvalue weighted by Gasteiger charge is 2.18. The van der Waals surface area contributed by atoms with E-state index in [9.17, 15) is 0 Å². The van der Waals surface area contributed by atoms with Crippen molar-refractivity contribution in [1.29, 1.82) is 0 Å². The van der Waals surface area contributed by atoms with Crippen molar-refractivity contribution in [3.05, 3.63) is 40.8 Å². The summed E-state index contributed by atoms with van der Waals surface area (Å²) in [5.74, 6) is 1.21. The average molecular weight is 349 g/mol. The molecule has 1 atom stereocenters. The summed E-state index contributed by atoms with van der Waals surface area (Å²) in [6.45, 7) is 4.02. The van der Waals surface area contributed by atoms with E-state index >= 15 is 0 Å². The van der Waals surface area contributed by atoms with Crippen LogP contribution in [0, 0.1) is 6.92 Å². The molecule has 1 N–H and O–H groups in total. The van der Waals surface area contributed by atoms with Gasteiger partial charge in [0.2, 0.25) is 0 Å². The molecular formula is C16H17ClN4OS. The van der Waals surface area contributed by atoms with Crippen LogP contribution in [0.25, 0.3) is 21.3 Å². The number of nitrogens with one attached hydrogen (secondary N) is 1. The zero-order valence-electron chi connectivity index (χ0n) is 13.1. The Balaban J connectivity index is 1.89. The first-order chi connectivity index (χ1) is 11.1. The van der Waals surface area contributed by atoms with E-state index in [0.717, 1.165) is 27.6 Å². The first kappa shape index (κ1) is 16.1. The summed E-state index contributed by atoms with van der Waals surface area (Å²) in [5, 5.41) is 8.79. The molecule has 2 heterocycles. The van der Waals surface area contributed by atoms with Crippen LogP contribution in [0.5, 0.6) is 0 Å². The van der Waals surface area contributed by atoms with Crippen molar-refractivity contribution in [3.8, 4) is 21.3 Å². The summed E-state index contributed by atoms with van der Waals surface area (Å²) < 4.78 is 5.41. The third-order valence-electron chi connectivity index (χ3n) is 3.51. The summed E-state index contributed by atoms with van der Waals surface area (Å²) in [7, 11) is 1.91. The molecular weight excluding hydrogens is 332 g/mol. The quantitative estimate of drug-likeness (QED) is 0.755. The number of aryl methyl sites for hydroxylation is 1. The van der Waals surface area contributed by atoms with Crippen molar-refractivity contribution in [3.63, 3.8) is 0 Å². The maximum absolute atomic E-state index is 6.05. The second-order valence-corrected chi connectivity index (χ2v) is 6.79. The highest BCUT2D eigenvalue weighted by atomic mass is 35.5. The molecule has 0 bridgehead atoms. The molecule has 2 aromatic heterocycles. The van der Waals surface area contributed by atoms with Crippen molar-refractivity contribution in [2.24, 2.45) is 0 Å². The van der Waals surface area contributed by atoms with Gasteiger partial charge in [0.1, 0.15) is 9.88 Å². The Morgan fingerprint density at radius 2 is 2.17 bits per heavy atom. The van der Waals surface area contributed by atoms with Gasteiger partial charge in [-0.1, -0.05) is 28.9 Å². The van der Waals surface area contributed by atoms with E-state index in [2.05, 4.69) is 27.4 Å². The SMILES string of the molecule is CNC(C)Cc1noc(-c2sc(-c3cccc(Cl)c3)nc2C)n1. The fourth-order valence-corrected chi connectivity index (χ4v) is 3.32. The normalized spacial score (nSPS) is 12.5. The lowest BCUT2D eigenvalue weighted by Crippen LogP contribution is -2.24. The van der Waals surface area contributed by atoms with E-state index in [0.29, 0.717) is 22.8 Å². The van der Waals surface area contributed by atoms with E-state index in [4.69, 9.17) is 16.1 Å². The van der Waals surface area contributed by atoms with Crippen molar-refractivity contribution in [1.82, 2.24) is 20.4 Å². The molecule has 0 amide bonds. The molecule has 1 unspecified atom stereocenters. The summed E-state index contributed by atoms with van der Waals surface area (Å²) in [5.41, 5.74) is 1.86. The summed E-state index contributed by atoms with van der Waals surface area (Å²) in [4.78, 5) is 9.98. The number of rotatable bonds is 5. The predicted molar refractivity (Wildman–Crippen MR) is 92.8 cm³/mol. The summed E-state index contributed by atoms with van der Waals surface area (Å²) >= 11 is 7.58. The second kappa shape index (κ2) is 6.78. The van der Waals surface area contributed by atoms with E-state index < -0.39 is 0 Å². The van der Waals surface area contributed by atoms with Crippen molar-refractivity contribution in [2.75, 3.05) is 7.05 Å². The van der Waals surface area contributed by atoms with Gasteiger partial charge in [-0.2, -0.15) is 4.98 Å². The summed E-state index contributed by atoms with van der Waals surface area (Å²) in [6, 6.07) is 7.95. The molecule has 3 aromatic rings. The average Bonchev–Trinajstić information content (AvgIpc) is 3.13. The number of halogens is 1. The number of likely N-dealkylation sites (N-methyl/N-ethyl adjacent to an activating group) is 1. The lowest BCUT2D eigenvalue weighted by atomic mass is 10.2. The van der Waals surface area contributed by atoms with Crippen molar-refractivity contribution >= 4 is 22.9 Å². The van der Waals surface area contributed by atoms with Gasteiger partial charge in [-0.3, -0.25) is 0 Å². The lowest BCUT2D eigenvalue weighted by molar-refractivity contribution is 0.418. The minimum absolute atomic E-state index is 0.296. The van der Waals surface area contributed by atoms with Crippen LogP contribution < -0.4 is 5.32 Å². The standard InChI is InChI=1S/C16H17ClN4OS/c1-9(18-3)7-13-20-15(22-21-13)14-10(2)19-16(23-14)11-5-4-6-12(17)8-11/h4-6,8-9,18H,7H2,1-3H3. The van der Waals surface area contributed by atoms with Crippen LogP contribution in [-0.2, 0) is 6.42 Å². The number of nitrogens with zero attached hydrogens (tertiary/aromatic N) is 3. The minimum atomic E-state index is 0.296. The van der Waals surface area contributed by atoms with E-state index in [1.54, 1.807) is 0 Å². The first-order valence-electron chi connectivity index (χ1n) is 7.30. The summed E-state index contributed by atoms with van der Waals surface area (Å²) in [6.07, 6.45) is 0.721. The van der Waals surface area contributed by atoms with Crippen molar-refractivity contribution < 1.29 is 4.52 Å². The maximum Gasteiger partial charge on any atom is 0.269 e. The fraction of sp³-hybridized carbons (Fsp3) is 0.312. The van der Waals surface area contributed by atoms with Crippen LogP contribution in [0.2, 0.25) is 5.02 Å². The topological polar surface area (TPSA) is 63.8 Å². The van der Waals surface area contributed by atoms with Crippen LogP contribution in [0.1, 0.15) is 18.4 Å². The fourth-order valence-electron chi connectivity index (χ4n) is 2.14. The molecule has 0 aliphatic carbocycles. The first-order valence-corrected chi connectivity index (χ1v) is 8.50. The number of thiazole rings is 1. The molecule has 3 rings (SSSR count). The minimum Gasteiger partial charge on any atom is -0.333 e. The molecule has 120 valence electrons. The molecule has 7 heteroatoms. The Hall–Kier alpha value is -1.76. The monoisotopic (exact) mass is 348 g/mol. The van der Waals surface area contributed by atoms with E-state index in [1.807, 2.05) is 38.2 Å². The molecule has 0 radical (unpaired) electrons. The van der Waals surface area contributed by atoms with E-state index in [1.165, 1.54) is 11.3 Å². The van der Waals surface area contributed by atoms with Crippen LogP contribution in [0.3, 0.4) is 0 Å². The van der Waals surface area contributed by atoms with Gasteiger partial charge >= 0.3 is 0 Å². The van der Waals surface area contributed by atoms with Gasteiger partial charge < -0.3 is 9.84 Å². The highest BCUT2D eigenvalue weighted by Crippen LogP contribution is 2.35. The molecule has 0 saturated carbocycles. The van der Waals surface area contributed by atoms with Crippen LogP contribution in [0.15, 0.2) is 28.8 Å². The van der Waals surface area contributed by atoms with Crippen molar-refractivity contribution in [2.45, 2.75) is 26.3 Å². The number of hydrogen-bond acceptors (Lipinski definition) is 6. The van der Waals surface area contributed by atoms with Gasteiger partial charge in [-0.05, 0) is 33.0 Å². The molecule has 0 aliphatic heterocycles. The zero-order valence-corrected chi connectivity index (χ0v) is 14.7. The second-order valence-electron chi connectivity index (χ2n) is 5.35. The van der Waals surface area contributed by atoms with Gasteiger partial charge in [-0.15, -0.1) is 11.3 Å². The van der Waals surface area contributed by atoms with E-state index in [-0.39, 0.29) is 0 Å². The van der Waals surface area contributed by atoms with Crippen LogP contribution >= 0.6 is 22.9 Å². The Morgan fingerprint density at radius 1 is 1.35 bits per heavy atom. The molecule has 1 aromatic carbocycles. The molecule has 0 spiro atoms. The Morgan fingerprint density at radius 3 is 2.91 bits per heavy atom. The highest BCUT2D eigenvalue weighted by molar-refractivity contribution is 7.18. The lowest BCUT2D eigenvalue weighted by Gasteiger charge is -2.04. The van der Waals surface area contributed by atoms with Crippen LogP contribution in [0.4, 0.5) is 0 Å². The van der Waals surface area contributed by atoms with Gasteiger partial charge in [0.15, 0.2) is 5.82 Å². The predicted octanol–water partition coefficient (Wildman–Crippen LogP) is 3.97. The Bertz CT molecular complexity index is 814. The number of benzene rings is 1. The Kier molecular flexibility index (Phi) is 4.75. The van der Waals surface area contributed by atoms with Gasteiger partial charge in [-0.25, -0.2) is 4.98 Å². The van der Waals surface area contributed by atoms with Crippen LogP contribution in [-0.4, -0.2) is 28.2 Å². The largest absolute Gasteiger partial charge is 0.333 e. The van der Waals surface area contributed by atoms with Gasteiger partial charge in [0.25, 0.3) is 5.89 Å². The van der Waals surface area contributed by atoms with Gasteiger partial charge in [0, 0.05) is 23.0 Å². The zero-order chi connectivity index (χ0) is 16.4. The molecule has 23 heavy (non-hydrogen) atoms. The number of hydrogen-bond donors (Lipinski definition) is 1. The number of aromatic nitrogens is 3. The maximum atomic E-state index is 6.05. The third kappa shape index (κ3) is 3.60. The smallest absolute Gasteiger partial charge is 0.269 e. The molecule has 0 aliphatic rings. The Labute approximate surface area is 143 Å². The molecule has 0 saturated heterocycles. The molecule has 5 nitrogen and oxygen atoms in total. The van der Waals surface area contributed by atoms with Gasteiger partial charge in [0.05, 0.1) is 5.69 Å². The molecule has 0 fully saturated rings. The third-order valence-corrected chi connectivity index (χ3v) is 4.94.